The third-order valence-corrected chi connectivity index (χ3v) is 3.54. The van der Waals surface area contributed by atoms with Crippen molar-refractivity contribution in [2.24, 2.45) is 0 Å². The Morgan fingerprint density at radius 2 is 2.12 bits per heavy atom. The monoisotopic (exact) mass is 254 g/mol. The molecule has 92 valence electrons. The van der Waals surface area contributed by atoms with E-state index in [4.69, 9.17) is 5.11 Å². The van der Waals surface area contributed by atoms with Crippen molar-refractivity contribution in [3.8, 4) is 0 Å². The van der Waals surface area contributed by atoms with Gasteiger partial charge in [-0.1, -0.05) is 0 Å². The Morgan fingerprint density at radius 3 is 2.76 bits per heavy atom. The third kappa shape index (κ3) is 3.04. The molecule has 2 rings (SSSR count). The van der Waals surface area contributed by atoms with Crippen LogP contribution in [0.4, 0.5) is 5.00 Å². The second-order valence-electron chi connectivity index (χ2n) is 4.00. The van der Waals surface area contributed by atoms with Gasteiger partial charge in [0.15, 0.2) is 0 Å². The number of amides is 1. The highest BCUT2D eigenvalue weighted by Crippen LogP contribution is 2.23. The zero-order valence-corrected chi connectivity index (χ0v) is 10.1. The number of carbonyl (C=O) groups excluding carboxylic acids is 1. The number of carboxylic acid groups (broad SMARTS) is 1. The first-order valence-electron chi connectivity index (χ1n) is 5.50. The first kappa shape index (κ1) is 12.1. The van der Waals surface area contributed by atoms with Gasteiger partial charge in [-0.3, -0.25) is 9.69 Å². The lowest BCUT2D eigenvalue weighted by Gasteiger charge is -2.13. The zero-order valence-electron chi connectivity index (χ0n) is 9.31. The fraction of sp³-hybridized carbons (Fsp3) is 0.455. The lowest BCUT2D eigenvalue weighted by molar-refractivity contribution is -0.117. The number of aromatic carboxylic acids is 1. The molecule has 1 aromatic rings. The fourth-order valence-electron chi connectivity index (χ4n) is 1.88. The highest BCUT2D eigenvalue weighted by atomic mass is 32.1. The molecular weight excluding hydrogens is 240 g/mol. The van der Waals surface area contributed by atoms with Gasteiger partial charge in [-0.25, -0.2) is 4.79 Å². The molecule has 0 radical (unpaired) electrons. The van der Waals surface area contributed by atoms with Crippen LogP contribution >= 0.6 is 11.3 Å². The van der Waals surface area contributed by atoms with Gasteiger partial charge >= 0.3 is 5.97 Å². The standard InChI is InChI=1S/C11H14N2O3S/c14-9(7-13-4-1-2-5-13)12-10-8(11(15)16)3-6-17-10/h3,6H,1-2,4-5,7H2,(H,12,14)(H,15,16). The van der Waals surface area contributed by atoms with Crippen molar-refractivity contribution in [1.29, 1.82) is 0 Å². The van der Waals surface area contributed by atoms with Gasteiger partial charge in [0.25, 0.3) is 0 Å². The van der Waals surface area contributed by atoms with Crippen LogP contribution in [0.1, 0.15) is 23.2 Å². The van der Waals surface area contributed by atoms with E-state index in [-0.39, 0.29) is 11.5 Å². The molecule has 0 aliphatic carbocycles. The van der Waals surface area contributed by atoms with Gasteiger partial charge in [-0.05, 0) is 37.4 Å². The molecule has 6 heteroatoms. The molecule has 1 aliphatic rings. The summed E-state index contributed by atoms with van der Waals surface area (Å²) in [5.41, 5.74) is 0.157. The van der Waals surface area contributed by atoms with Crippen LogP contribution in [0.15, 0.2) is 11.4 Å². The van der Waals surface area contributed by atoms with Crippen molar-refractivity contribution in [2.75, 3.05) is 25.0 Å². The van der Waals surface area contributed by atoms with Gasteiger partial charge in [0, 0.05) is 0 Å². The summed E-state index contributed by atoms with van der Waals surface area (Å²) in [7, 11) is 0. The van der Waals surface area contributed by atoms with Crippen molar-refractivity contribution < 1.29 is 14.7 Å². The number of thiophene rings is 1. The minimum Gasteiger partial charge on any atom is -0.478 e. The van der Waals surface area contributed by atoms with E-state index in [2.05, 4.69) is 10.2 Å². The lowest BCUT2D eigenvalue weighted by Crippen LogP contribution is -2.31. The molecule has 1 saturated heterocycles. The van der Waals surface area contributed by atoms with E-state index >= 15 is 0 Å². The van der Waals surface area contributed by atoms with Gasteiger partial charge < -0.3 is 10.4 Å². The molecule has 0 aromatic carbocycles. The highest BCUT2D eigenvalue weighted by Gasteiger charge is 2.17. The number of hydrogen-bond donors (Lipinski definition) is 2. The highest BCUT2D eigenvalue weighted by molar-refractivity contribution is 7.14. The Labute approximate surface area is 103 Å². The first-order chi connectivity index (χ1) is 8.16. The van der Waals surface area contributed by atoms with Crippen LogP contribution in [0.25, 0.3) is 0 Å². The van der Waals surface area contributed by atoms with Crippen LogP contribution in [-0.2, 0) is 4.79 Å². The van der Waals surface area contributed by atoms with Crippen LogP contribution in [-0.4, -0.2) is 41.5 Å². The summed E-state index contributed by atoms with van der Waals surface area (Å²) in [6, 6.07) is 1.50. The molecule has 0 atom stereocenters. The molecule has 0 unspecified atom stereocenters. The van der Waals surface area contributed by atoms with Gasteiger partial charge in [0.1, 0.15) is 5.00 Å². The quantitative estimate of drug-likeness (QED) is 0.854. The summed E-state index contributed by atoms with van der Waals surface area (Å²) < 4.78 is 0. The molecule has 2 heterocycles. The summed E-state index contributed by atoms with van der Waals surface area (Å²) in [6.07, 6.45) is 2.26. The van der Waals surface area contributed by atoms with Crippen molar-refractivity contribution in [1.82, 2.24) is 4.90 Å². The molecule has 1 amide bonds. The predicted octanol–water partition coefficient (Wildman–Crippen LogP) is 1.48. The number of hydrogen-bond acceptors (Lipinski definition) is 4. The summed E-state index contributed by atoms with van der Waals surface area (Å²) in [4.78, 5) is 24.6. The topological polar surface area (TPSA) is 69.6 Å². The molecule has 1 aliphatic heterocycles. The van der Waals surface area contributed by atoms with Gasteiger partial charge in [0.05, 0.1) is 12.1 Å². The summed E-state index contributed by atoms with van der Waals surface area (Å²) in [6.45, 7) is 2.24. The Hall–Kier alpha value is -1.40. The normalized spacial score (nSPS) is 16.0. The molecule has 0 spiro atoms. The minimum atomic E-state index is -1.01. The Balaban J connectivity index is 1.93. The maximum atomic E-state index is 11.7. The number of likely N-dealkylation sites (tertiary alicyclic amines) is 1. The fourth-order valence-corrected chi connectivity index (χ4v) is 2.68. The smallest absolute Gasteiger partial charge is 0.338 e. The molecule has 2 N–H and O–H groups in total. The molecular formula is C11H14N2O3S. The molecule has 5 nitrogen and oxygen atoms in total. The Morgan fingerprint density at radius 1 is 1.41 bits per heavy atom. The zero-order chi connectivity index (χ0) is 12.3. The van der Waals surface area contributed by atoms with Gasteiger partial charge in [-0.15, -0.1) is 11.3 Å². The van der Waals surface area contributed by atoms with Crippen LogP contribution in [0, 0.1) is 0 Å². The second kappa shape index (κ2) is 5.29. The number of nitrogens with one attached hydrogen (secondary N) is 1. The van der Waals surface area contributed by atoms with Crippen molar-refractivity contribution in [3.63, 3.8) is 0 Å². The SMILES string of the molecule is O=C(CN1CCCC1)Nc1sccc1C(=O)O. The molecule has 0 bridgehead atoms. The lowest BCUT2D eigenvalue weighted by atomic mass is 10.3. The predicted molar refractivity (Wildman–Crippen MR) is 65.6 cm³/mol. The second-order valence-corrected chi connectivity index (χ2v) is 4.92. The number of rotatable bonds is 4. The number of anilines is 1. The summed E-state index contributed by atoms with van der Waals surface area (Å²) in [5.74, 6) is -1.15. The largest absolute Gasteiger partial charge is 0.478 e. The van der Waals surface area contributed by atoms with Crippen LogP contribution < -0.4 is 5.32 Å². The number of carbonyl (C=O) groups is 2. The molecule has 0 saturated carbocycles. The minimum absolute atomic E-state index is 0.142. The molecule has 1 fully saturated rings. The summed E-state index contributed by atoms with van der Waals surface area (Å²) >= 11 is 1.23. The molecule has 17 heavy (non-hydrogen) atoms. The Kier molecular flexibility index (Phi) is 3.75. The Bertz CT molecular complexity index is 424. The maximum absolute atomic E-state index is 11.7. The van der Waals surface area contributed by atoms with Gasteiger partial charge in [0.2, 0.25) is 5.91 Å². The van der Waals surface area contributed by atoms with E-state index in [0.717, 1.165) is 25.9 Å². The van der Waals surface area contributed by atoms with Crippen LogP contribution in [0.2, 0.25) is 0 Å². The van der Waals surface area contributed by atoms with E-state index in [1.807, 2.05) is 0 Å². The van der Waals surface area contributed by atoms with E-state index in [9.17, 15) is 9.59 Å². The van der Waals surface area contributed by atoms with E-state index < -0.39 is 5.97 Å². The average molecular weight is 254 g/mol. The van der Waals surface area contributed by atoms with Gasteiger partial charge in [-0.2, -0.15) is 0 Å². The van der Waals surface area contributed by atoms with Crippen molar-refractivity contribution >= 4 is 28.2 Å². The van der Waals surface area contributed by atoms with Crippen LogP contribution in [0.3, 0.4) is 0 Å². The first-order valence-corrected chi connectivity index (χ1v) is 6.38. The van der Waals surface area contributed by atoms with Crippen molar-refractivity contribution in [2.45, 2.75) is 12.8 Å². The van der Waals surface area contributed by atoms with Crippen molar-refractivity contribution in [3.05, 3.63) is 17.0 Å². The third-order valence-electron chi connectivity index (χ3n) is 2.71. The number of nitrogens with zero attached hydrogens (tertiary/aromatic N) is 1. The van der Waals surface area contributed by atoms with E-state index in [0.29, 0.717) is 11.5 Å². The molecule has 1 aromatic heterocycles. The summed E-state index contributed by atoms with van der Waals surface area (Å²) in [5, 5.41) is 13.6. The average Bonchev–Trinajstić information content (AvgIpc) is 2.88. The van der Waals surface area contributed by atoms with E-state index in [1.54, 1.807) is 5.38 Å². The van der Waals surface area contributed by atoms with Crippen LogP contribution in [0.5, 0.6) is 0 Å². The maximum Gasteiger partial charge on any atom is 0.338 e. The number of carboxylic acids is 1. The van der Waals surface area contributed by atoms with E-state index in [1.165, 1.54) is 17.4 Å².